The van der Waals surface area contributed by atoms with E-state index in [0.717, 1.165) is 16.7 Å². The van der Waals surface area contributed by atoms with E-state index in [1.807, 2.05) is 0 Å². The maximum Gasteiger partial charge on any atom is 0.356 e. The zero-order valence-electron chi connectivity index (χ0n) is 13.3. The molecule has 0 saturated carbocycles. The van der Waals surface area contributed by atoms with Crippen LogP contribution in [0.5, 0.6) is 0 Å². The zero-order valence-corrected chi connectivity index (χ0v) is 14.1. The van der Waals surface area contributed by atoms with E-state index >= 15 is 0 Å². The van der Waals surface area contributed by atoms with E-state index in [9.17, 15) is 19.2 Å². The van der Waals surface area contributed by atoms with Crippen molar-refractivity contribution in [3.05, 3.63) is 30.0 Å². The molecular formula is C16H15N3O5S. The van der Waals surface area contributed by atoms with Gasteiger partial charge in [0.05, 0.1) is 18.0 Å². The molecule has 1 aromatic heterocycles. The number of benzene rings is 1. The number of nitrogens with one attached hydrogen (secondary N) is 2. The Hall–Kier alpha value is -2.81. The molecule has 2 heterocycles. The van der Waals surface area contributed by atoms with Crippen LogP contribution in [0.15, 0.2) is 24.3 Å². The van der Waals surface area contributed by atoms with Crippen molar-refractivity contribution in [2.45, 2.75) is 6.92 Å². The number of anilines is 1. The fourth-order valence-electron chi connectivity index (χ4n) is 2.48. The van der Waals surface area contributed by atoms with E-state index in [0.29, 0.717) is 10.9 Å². The molecule has 1 fully saturated rings. The van der Waals surface area contributed by atoms with Crippen molar-refractivity contribution in [3.63, 3.8) is 0 Å². The number of para-hydroxylation sites is 1. The van der Waals surface area contributed by atoms with Crippen LogP contribution in [0, 0.1) is 0 Å². The number of carbonyl (C=O) groups is 4. The van der Waals surface area contributed by atoms with Crippen molar-refractivity contribution in [3.8, 4) is 0 Å². The molecule has 1 saturated heterocycles. The van der Waals surface area contributed by atoms with Crippen molar-refractivity contribution in [1.29, 1.82) is 0 Å². The van der Waals surface area contributed by atoms with Gasteiger partial charge < -0.3 is 15.0 Å². The highest BCUT2D eigenvalue weighted by molar-refractivity contribution is 8.14. The van der Waals surface area contributed by atoms with E-state index in [-0.39, 0.29) is 23.7 Å². The Kier molecular flexibility index (Phi) is 4.75. The van der Waals surface area contributed by atoms with Crippen LogP contribution in [-0.2, 0) is 14.3 Å². The molecule has 130 valence electrons. The summed E-state index contributed by atoms with van der Waals surface area (Å²) in [5.41, 5.74) is 1.04. The standard InChI is InChI=1S/C16H15N3O5S/c1-2-24-15(22)14-13(9-5-3-4-6-10(9)17-14)18-11(20)7-19-12(21)8-25-16(19)23/h3-6,17H,2,7-8H2,1H3,(H,18,20). The average Bonchev–Trinajstić information content (AvgIpc) is 3.10. The highest BCUT2D eigenvalue weighted by atomic mass is 32.2. The number of esters is 1. The number of H-pyrrole nitrogens is 1. The molecule has 0 bridgehead atoms. The maximum absolute atomic E-state index is 12.3. The molecule has 2 N–H and O–H groups in total. The lowest BCUT2D eigenvalue weighted by Crippen LogP contribution is -2.36. The van der Waals surface area contributed by atoms with Crippen molar-refractivity contribution >= 4 is 51.4 Å². The van der Waals surface area contributed by atoms with E-state index in [1.165, 1.54) is 0 Å². The quantitative estimate of drug-likeness (QED) is 0.788. The van der Waals surface area contributed by atoms with Gasteiger partial charge in [0.15, 0.2) is 0 Å². The van der Waals surface area contributed by atoms with Gasteiger partial charge in [-0.1, -0.05) is 30.0 Å². The Morgan fingerprint density at radius 1 is 1.32 bits per heavy atom. The first kappa shape index (κ1) is 17.0. The smallest absolute Gasteiger partial charge is 0.356 e. The Morgan fingerprint density at radius 2 is 2.08 bits per heavy atom. The molecule has 0 spiro atoms. The lowest BCUT2D eigenvalue weighted by Gasteiger charge is -2.13. The predicted molar refractivity (Wildman–Crippen MR) is 92.5 cm³/mol. The lowest BCUT2D eigenvalue weighted by atomic mass is 10.2. The summed E-state index contributed by atoms with van der Waals surface area (Å²) in [7, 11) is 0. The number of hydrogen-bond donors (Lipinski definition) is 2. The summed E-state index contributed by atoms with van der Waals surface area (Å²) in [5, 5.41) is 2.79. The minimum Gasteiger partial charge on any atom is -0.461 e. The Labute approximate surface area is 146 Å². The Bertz CT molecular complexity index is 860. The average molecular weight is 361 g/mol. The van der Waals surface area contributed by atoms with Crippen molar-refractivity contribution in [2.24, 2.45) is 0 Å². The summed E-state index contributed by atoms with van der Waals surface area (Å²) in [4.78, 5) is 51.5. The number of hydrogen-bond acceptors (Lipinski definition) is 6. The first-order valence-corrected chi connectivity index (χ1v) is 8.54. The van der Waals surface area contributed by atoms with Crippen molar-refractivity contribution in [2.75, 3.05) is 24.2 Å². The molecule has 0 radical (unpaired) electrons. The monoisotopic (exact) mass is 361 g/mol. The number of imide groups is 1. The molecule has 0 aliphatic carbocycles. The topological polar surface area (TPSA) is 109 Å². The fraction of sp³-hybridized carbons (Fsp3) is 0.250. The summed E-state index contributed by atoms with van der Waals surface area (Å²) in [6, 6.07) is 7.06. The fourth-order valence-corrected chi connectivity index (χ4v) is 3.21. The van der Waals surface area contributed by atoms with Crippen LogP contribution in [0.4, 0.5) is 10.5 Å². The first-order valence-electron chi connectivity index (χ1n) is 7.56. The second-order valence-electron chi connectivity index (χ2n) is 5.22. The third-order valence-electron chi connectivity index (χ3n) is 3.59. The van der Waals surface area contributed by atoms with Gasteiger partial charge in [0.2, 0.25) is 11.8 Å². The molecule has 25 heavy (non-hydrogen) atoms. The SMILES string of the molecule is CCOC(=O)c1[nH]c2ccccc2c1NC(=O)CN1C(=O)CSC1=O. The van der Waals surface area contributed by atoms with Crippen molar-refractivity contribution < 1.29 is 23.9 Å². The first-order chi connectivity index (χ1) is 12.0. The zero-order chi connectivity index (χ0) is 18.0. The molecule has 1 aliphatic heterocycles. The second kappa shape index (κ2) is 6.98. The number of thioether (sulfide) groups is 1. The van der Waals surface area contributed by atoms with Crippen LogP contribution in [0.25, 0.3) is 10.9 Å². The van der Waals surface area contributed by atoms with E-state index in [2.05, 4.69) is 10.3 Å². The van der Waals surface area contributed by atoms with Gasteiger partial charge >= 0.3 is 5.97 Å². The summed E-state index contributed by atoms with van der Waals surface area (Å²) in [6.45, 7) is 1.48. The Morgan fingerprint density at radius 3 is 2.76 bits per heavy atom. The summed E-state index contributed by atoms with van der Waals surface area (Å²) in [6.07, 6.45) is 0. The third-order valence-corrected chi connectivity index (χ3v) is 4.45. The number of aromatic amines is 1. The molecule has 0 atom stereocenters. The van der Waals surface area contributed by atoms with Gasteiger partial charge in [-0.25, -0.2) is 4.79 Å². The molecule has 1 aliphatic rings. The number of fused-ring (bicyclic) bond motifs is 1. The van der Waals surface area contributed by atoms with Gasteiger partial charge in [-0.05, 0) is 13.0 Å². The van der Waals surface area contributed by atoms with E-state index < -0.39 is 29.6 Å². The van der Waals surface area contributed by atoms with Gasteiger partial charge in [0.25, 0.3) is 5.24 Å². The number of nitrogens with zero attached hydrogens (tertiary/aromatic N) is 1. The van der Waals surface area contributed by atoms with Gasteiger partial charge in [-0.15, -0.1) is 0 Å². The normalized spacial score (nSPS) is 14.2. The molecule has 0 unspecified atom stereocenters. The number of ether oxygens (including phenoxy) is 1. The van der Waals surface area contributed by atoms with Crippen LogP contribution in [-0.4, -0.2) is 51.8 Å². The third kappa shape index (κ3) is 3.36. The van der Waals surface area contributed by atoms with Gasteiger partial charge in [-0.3, -0.25) is 19.3 Å². The molecule has 3 amide bonds. The van der Waals surface area contributed by atoms with Gasteiger partial charge in [0, 0.05) is 10.9 Å². The molecular weight excluding hydrogens is 346 g/mol. The van der Waals surface area contributed by atoms with Crippen LogP contribution < -0.4 is 5.32 Å². The van der Waals surface area contributed by atoms with Crippen LogP contribution in [0.3, 0.4) is 0 Å². The minimum atomic E-state index is -0.599. The largest absolute Gasteiger partial charge is 0.461 e. The lowest BCUT2D eigenvalue weighted by molar-refractivity contribution is -0.128. The number of amides is 3. The maximum atomic E-state index is 12.3. The predicted octanol–water partition coefficient (Wildman–Crippen LogP) is 1.98. The molecule has 1 aromatic carbocycles. The number of rotatable bonds is 5. The summed E-state index contributed by atoms with van der Waals surface area (Å²) >= 11 is 0.858. The summed E-state index contributed by atoms with van der Waals surface area (Å²) in [5.74, 6) is -1.54. The highest BCUT2D eigenvalue weighted by Gasteiger charge is 2.32. The van der Waals surface area contributed by atoms with E-state index in [4.69, 9.17) is 4.74 Å². The van der Waals surface area contributed by atoms with Crippen LogP contribution >= 0.6 is 11.8 Å². The molecule has 2 aromatic rings. The highest BCUT2D eigenvalue weighted by Crippen LogP contribution is 2.28. The van der Waals surface area contributed by atoms with E-state index in [1.54, 1.807) is 31.2 Å². The second-order valence-corrected chi connectivity index (χ2v) is 6.15. The molecule has 8 nitrogen and oxygen atoms in total. The summed E-state index contributed by atoms with van der Waals surface area (Å²) < 4.78 is 5.00. The van der Waals surface area contributed by atoms with Crippen LogP contribution in [0.1, 0.15) is 17.4 Å². The van der Waals surface area contributed by atoms with Gasteiger partial charge in [0.1, 0.15) is 12.2 Å². The Balaban J connectivity index is 1.87. The molecule has 3 rings (SSSR count). The number of carbonyl (C=O) groups excluding carboxylic acids is 4. The molecule has 9 heteroatoms. The van der Waals surface area contributed by atoms with Crippen LogP contribution in [0.2, 0.25) is 0 Å². The van der Waals surface area contributed by atoms with Gasteiger partial charge in [-0.2, -0.15) is 0 Å². The van der Waals surface area contributed by atoms with Crippen molar-refractivity contribution in [1.82, 2.24) is 9.88 Å². The number of aromatic nitrogens is 1. The minimum absolute atomic E-state index is 0.0350.